The van der Waals surface area contributed by atoms with Gasteiger partial charge in [0.1, 0.15) is 5.82 Å². The Morgan fingerprint density at radius 2 is 2.43 bits per heavy atom. The van der Waals surface area contributed by atoms with Crippen LogP contribution < -0.4 is 11.1 Å². The van der Waals surface area contributed by atoms with Gasteiger partial charge in [-0.3, -0.25) is 0 Å². The van der Waals surface area contributed by atoms with Crippen LogP contribution in [0.25, 0.3) is 0 Å². The molecule has 0 amide bonds. The Balaban J connectivity index is 2.86. The van der Waals surface area contributed by atoms with Crippen LogP contribution in [0.3, 0.4) is 0 Å². The van der Waals surface area contributed by atoms with E-state index in [1.165, 1.54) is 0 Å². The van der Waals surface area contributed by atoms with E-state index in [1.54, 1.807) is 12.3 Å². The summed E-state index contributed by atoms with van der Waals surface area (Å²) < 4.78 is 0. The molecule has 4 nitrogen and oxygen atoms in total. The molecular weight excluding hydrogens is 202 g/mol. The van der Waals surface area contributed by atoms with Gasteiger partial charge in [0.25, 0.3) is 0 Å². The molecule has 78 valence electrons. The number of aliphatic hydroxyl groups is 1. The van der Waals surface area contributed by atoms with Crippen molar-refractivity contribution in [1.29, 1.82) is 0 Å². The standard InChI is InChI=1S/C9H14ClN3O/c1-6(5-14)13-9-8(10)7(4-11)2-3-12-9/h2-3,6,14H,4-5,11H2,1H3,(H,12,13). The van der Waals surface area contributed by atoms with Crippen molar-refractivity contribution in [1.82, 2.24) is 4.98 Å². The van der Waals surface area contributed by atoms with E-state index in [4.69, 9.17) is 22.4 Å². The molecule has 0 aliphatic heterocycles. The zero-order valence-corrected chi connectivity index (χ0v) is 8.75. The van der Waals surface area contributed by atoms with Gasteiger partial charge in [0.2, 0.25) is 0 Å². The number of halogens is 1. The minimum absolute atomic E-state index is 0.0326. The van der Waals surface area contributed by atoms with Gasteiger partial charge in [0.05, 0.1) is 11.6 Å². The summed E-state index contributed by atoms with van der Waals surface area (Å²) in [6.07, 6.45) is 1.64. The third kappa shape index (κ3) is 2.57. The first-order valence-corrected chi connectivity index (χ1v) is 4.77. The van der Waals surface area contributed by atoms with Crippen LogP contribution in [-0.2, 0) is 6.54 Å². The fourth-order valence-corrected chi connectivity index (χ4v) is 1.26. The van der Waals surface area contributed by atoms with E-state index in [0.29, 0.717) is 17.4 Å². The van der Waals surface area contributed by atoms with E-state index < -0.39 is 0 Å². The molecule has 0 spiro atoms. The Kier molecular flexibility index (Phi) is 4.13. The quantitative estimate of drug-likeness (QED) is 0.701. The fraction of sp³-hybridized carbons (Fsp3) is 0.444. The number of nitrogens with one attached hydrogen (secondary N) is 1. The molecule has 14 heavy (non-hydrogen) atoms. The molecule has 4 N–H and O–H groups in total. The zero-order chi connectivity index (χ0) is 10.6. The molecule has 1 atom stereocenters. The summed E-state index contributed by atoms with van der Waals surface area (Å²) in [5.41, 5.74) is 6.34. The van der Waals surface area contributed by atoms with Crippen LogP contribution in [0.4, 0.5) is 5.82 Å². The Morgan fingerprint density at radius 1 is 1.71 bits per heavy atom. The smallest absolute Gasteiger partial charge is 0.145 e. The number of hydrogen-bond donors (Lipinski definition) is 3. The molecular formula is C9H14ClN3O. The number of nitrogens with zero attached hydrogens (tertiary/aromatic N) is 1. The summed E-state index contributed by atoms with van der Waals surface area (Å²) in [6.45, 7) is 2.25. The molecule has 0 aliphatic carbocycles. The normalized spacial score (nSPS) is 12.6. The maximum absolute atomic E-state index is 8.86. The van der Waals surface area contributed by atoms with E-state index >= 15 is 0 Å². The summed E-state index contributed by atoms with van der Waals surface area (Å²) in [5.74, 6) is 0.566. The lowest BCUT2D eigenvalue weighted by atomic mass is 10.2. The highest BCUT2D eigenvalue weighted by molar-refractivity contribution is 6.33. The van der Waals surface area contributed by atoms with Crippen molar-refractivity contribution >= 4 is 17.4 Å². The van der Waals surface area contributed by atoms with Crippen molar-refractivity contribution in [2.45, 2.75) is 19.5 Å². The number of hydrogen-bond acceptors (Lipinski definition) is 4. The topological polar surface area (TPSA) is 71.2 Å². The van der Waals surface area contributed by atoms with Gasteiger partial charge < -0.3 is 16.2 Å². The zero-order valence-electron chi connectivity index (χ0n) is 8.00. The van der Waals surface area contributed by atoms with Gasteiger partial charge >= 0.3 is 0 Å². The first-order valence-electron chi connectivity index (χ1n) is 4.40. The number of rotatable bonds is 4. The van der Waals surface area contributed by atoms with Crippen molar-refractivity contribution in [2.24, 2.45) is 5.73 Å². The highest BCUT2D eigenvalue weighted by Crippen LogP contribution is 2.23. The summed E-state index contributed by atoms with van der Waals surface area (Å²) in [4.78, 5) is 4.07. The van der Waals surface area contributed by atoms with Crippen LogP contribution in [0.2, 0.25) is 5.02 Å². The van der Waals surface area contributed by atoms with E-state index in [9.17, 15) is 0 Å². The molecule has 0 saturated carbocycles. The lowest BCUT2D eigenvalue weighted by Crippen LogP contribution is -2.20. The predicted octanol–water partition coefficient (Wildman–Crippen LogP) is 0.986. The van der Waals surface area contributed by atoms with E-state index in [2.05, 4.69) is 10.3 Å². The van der Waals surface area contributed by atoms with Gasteiger partial charge in [-0.2, -0.15) is 0 Å². The molecule has 0 radical (unpaired) electrons. The van der Waals surface area contributed by atoms with Crippen molar-refractivity contribution in [3.8, 4) is 0 Å². The maximum atomic E-state index is 8.86. The first kappa shape index (κ1) is 11.2. The van der Waals surface area contributed by atoms with Gasteiger partial charge in [-0.1, -0.05) is 11.6 Å². The molecule has 0 aliphatic rings. The Hall–Kier alpha value is -0.840. The molecule has 5 heteroatoms. The number of aliphatic hydroxyl groups excluding tert-OH is 1. The highest BCUT2D eigenvalue weighted by atomic mass is 35.5. The van der Waals surface area contributed by atoms with E-state index in [-0.39, 0.29) is 12.6 Å². The Labute approximate surface area is 88.1 Å². The van der Waals surface area contributed by atoms with Gasteiger partial charge in [0, 0.05) is 18.8 Å². The molecule has 1 unspecified atom stereocenters. The summed E-state index contributed by atoms with van der Waals surface area (Å²) in [7, 11) is 0. The van der Waals surface area contributed by atoms with Gasteiger partial charge in [-0.25, -0.2) is 4.98 Å². The largest absolute Gasteiger partial charge is 0.394 e. The van der Waals surface area contributed by atoms with Crippen LogP contribution in [-0.4, -0.2) is 22.7 Å². The second-order valence-electron chi connectivity index (χ2n) is 3.06. The van der Waals surface area contributed by atoms with Crippen molar-refractivity contribution in [2.75, 3.05) is 11.9 Å². The molecule has 0 fully saturated rings. The average molecular weight is 216 g/mol. The van der Waals surface area contributed by atoms with Gasteiger partial charge in [0.15, 0.2) is 0 Å². The average Bonchev–Trinajstić information content (AvgIpc) is 2.21. The first-order chi connectivity index (χ1) is 6.69. The molecule has 1 heterocycles. The minimum Gasteiger partial charge on any atom is -0.394 e. The SMILES string of the molecule is CC(CO)Nc1nccc(CN)c1Cl. The van der Waals surface area contributed by atoms with Crippen LogP contribution in [0.5, 0.6) is 0 Å². The van der Waals surface area contributed by atoms with Crippen LogP contribution >= 0.6 is 11.6 Å². The van der Waals surface area contributed by atoms with Crippen LogP contribution in [0.15, 0.2) is 12.3 Å². The predicted molar refractivity (Wildman–Crippen MR) is 57.3 cm³/mol. The third-order valence-electron chi connectivity index (χ3n) is 1.85. The second kappa shape index (κ2) is 5.14. The molecule has 1 aromatic heterocycles. The number of anilines is 1. The minimum atomic E-state index is -0.0759. The number of nitrogens with two attached hydrogens (primary N) is 1. The molecule has 1 aromatic rings. The van der Waals surface area contributed by atoms with Crippen LogP contribution in [0, 0.1) is 0 Å². The monoisotopic (exact) mass is 215 g/mol. The van der Waals surface area contributed by atoms with Crippen molar-refractivity contribution in [3.63, 3.8) is 0 Å². The van der Waals surface area contributed by atoms with Crippen LogP contribution in [0.1, 0.15) is 12.5 Å². The Bertz CT molecular complexity index is 306. The fourth-order valence-electron chi connectivity index (χ4n) is 1.02. The van der Waals surface area contributed by atoms with Gasteiger partial charge in [-0.15, -0.1) is 0 Å². The summed E-state index contributed by atoms with van der Waals surface area (Å²) in [6, 6.07) is 1.70. The van der Waals surface area contributed by atoms with Gasteiger partial charge in [-0.05, 0) is 18.6 Å². The van der Waals surface area contributed by atoms with E-state index in [1.807, 2.05) is 6.92 Å². The molecule has 1 rings (SSSR count). The van der Waals surface area contributed by atoms with Crippen molar-refractivity contribution < 1.29 is 5.11 Å². The molecule has 0 aromatic carbocycles. The highest BCUT2D eigenvalue weighted by Gasteiger charge is 2.08. The third-order valence-corrected chi connectivity index (χ3v) is 2.27. The second-order valence-corrected chi connectivity index (χ2v) is 3.44. The summed E-state index contributed by atoms with van der Waals surface area (Å²) in [5, 5.41) is 12.4. The number of pyridine rings is 1. The van der Waals surface area contributed by atoms with E-state index in [0.717, 1.165) is 5.56 Å². The summed E-state index contributed by atoms with van der Waals surface area (Å²) >= 11 is 6.02. The maximum Gasteiger partial charge on any atom is 0.145 e. The van der Waals surface area contributed by atoms with Crippen molar-refractivity contribution in [3.05, 3.63) is 22.8 Å². The molecule has 0 saturated heterocycles. The Morgan fingerprint density at radius 3 is 3.00 bits per heavy atom. The lowest BCUT2D eigenvalue weighted by Gasteiger charge is -2.13. The lowest BCUT2D eigenvalue weighted by molar-refractivity contribution is 0.281. The molecule has 0 bridgehead atoms. The number of aromatic nitrogens is 1.